The molecule has 4 aromatic rings. The number of rotatable bonds is 6. The van der Waals surface area contributed by atoms with E-state index in [1.54, 1.807) is 21.5 Å². The first-order valence-electron chi connectivity index (χ1n) is 12.5. The Labute approximate surface area is 214 Å². The van der Waals surface area contributed by atoms with Crippen molar-refractivity contribution in [3.63, 3.8) is 0 Å². The summed E-state index contributed by atoms with van der Waals surface area (Å²) in [6.45, 7) is 0.919. The van der Waals surface area contributed by atoms with Crippen LogP contribution in [0.5, 0.6) is 0 Å². The van der Waals surface area contributed by atoms with Gasteiger partial charge in [0.05, 0.1) is 0 Å². The SMILES string of the molecule is CN(C)C1OC1c1ccc(-c2cccn3nc(Nc4ccc(C(=O)N5CCC(F)CC5)cc4)nc23)cc1. The summed E-state index contributed by atoms with van der Waals surface area (Å²) in [4.78, 5) is 21.2. The Morgan fingerprint density at radius 2 is 1.78 bits per heavy atom. The van der Waals surface area contributed by atoms with Crippen LogP contribution in [0.15, 0.2) is 66.9 Å². The number of ether oxygens (including phenoxy) is 1. The lowest BCUT2D eigenvalue weighted by atomic mass is 10.0. The molecule has 2 fully saturated rings. The Kier molecular flexibility index (Phi) is 6.10. The van der Waals surface area contributed by atoms with Gasteiger partial charge in [-0.3, -0.25) is 9.69 Å². The lowest BCUT2D eigenvalue weighted by Crippen LogP contribution is -2.39. The zero-order valence-electron chi connectivity index (χ0n) is 20.8. The van der Waals surface area contributed by atoms with E-state index in [-0.39, 0.29) is 18.2 Å². The Morgan fingerprint density at radius 3 is 2.46 bits per heavy atom. The average molecular weight is 501 g/mol. The van der Waals surface area contributed by atoms with Crippen LogP contribution in [0.4, 0.5) is 16.0 Å². The van der Waals surface area contributed by atoms with Crippen molar-refractivity contribution in [1.82, 2.24) is 24.4 Å². The molecule has 0 bridgehead atoms. The molecule has 0 spiro atoms. The van der Waals surface area contributed by atoms with Gasteiger partial charge in [-0.05, 0) is 74.5 Å². The van der Waals surface area contributed by atoms with Crippen LogP contribution in [-0.4, -0.2) is 69.9 Å². The molecule has 2 aromatic heterocycles. The molecule has 2 aliphatic rings. The second-order valence-corrected chi connectivity index (χ2v) is 9.83. The van der Waals surface area contributed by atoms with Gasteiger partial charge in [0.1, 0.15) is 18.5 Å². The summed E-state index contributed by atoms with van der Waals surface area (Å²) in [5.74, 6) is 0.402. The molecule has 1 amide bonds. The number of nitrogens with one attached hydrogen (secondary N) is 1. The second-order valence-electron chi connectivity index (χ2n) is 9.83. The van der Waals surface area contributed by atoms with Crippen LogP contribution in [-0.2, 0) is 4.74 Å². The number of likely N-dealkylation sites (tertiary alicyclic amines) is 1. The third-order valence-electron chi connectivity index (χ3n) is 6.99. The summed E-state index contributed by atoms with van der Waals surface area (Å²) in [7, 11) is 4.03. The van der Waals surface area contributed by atoms with Gasteiger partial charge >= 0.3 is 0 Å². The van der Waals surface area contributed by atoms with E-state index in [9.17, 15) is 9.18 Å². The van der Waals surface area contributed by atoms with Gasteiger partial charge in [0.2, 0.25) is 5.95 Å². The monoisotopic (exact) mass is 500 g/mol. The standard InChI is InChI=1S/C28H29FN6O2/c1-33(2)27-24(37-27)19-7-5-18(6-8-19)23-4-3-15-35-25(23)31-28(32-35)30-22-11-9-20(10-12-22)26(36)34-16-13-21(29)14-17-34/h3-12,15,21,24,27H,13-14,16-17H2,1-2H3,(H,30,32). The predicted molar refractivity (Wildman–Crippen MR) is 139 cm³/mol. The molecule has 2 saturated heterocycles. The fraction of sp³-hybridized carbons (Fsp3) is 0.321. The smallest absolute Gasteiger partial charge is 0.253 e. The maximum absolute atomic E-state index is 13.4. The highest BCUT2D eigenvalue weighted by Crippen LogP contribution is 2.40. The van der Waals surface area contributed by atoms with Gasteiger partial charge in [-0.25, -0.2) is 8.91 Å². The number of likely N-dealkylation sites (N-methyl/N-ethyl adjacent to an activating group) is 1. The number of anilines is 2. The molecule has 0 aliphatic carbocycles. The van der Waals surface area contributed by atoms with Crippen LogP contribution >= 0.6 is 0 Å². The lowest BCUT2D eigenvalue weighted by molar-refractivity contribution is 0.0667. The van der Waals surface area contributed by atoms with Crippen molar-refractivity contribution in [2.75, 3.05) is 32.5 Å². The minimum Gasteiger partial charge on any atom is -0.348 e. The number of halogens is 1. The summed E-state index contributed by atoms with van der Waals surface area (Å²) >= 11 is 0. The van der Waals surface area contributed by atoms with Gasteiger partial charge in [0.15, 0.2) is 5.65 Å². The molecule has 2 aliphatic heterocycles. The van der Waals surface area contributed by atoms with E-state index in [4.69, 9.17) is 9.72 Å². The number of carbonyl (C=O) groups excluding carboxylic acids is 1. The van der Waals surface area contributed by atoms with Crippen molar-refractivity contribution >= 4 is 23.2 Å². The number of alkyl halides is 1. The van der Waals surface area contributed by atoms with Gasteiger partial charge in [0, 0.05) is 36.1 Å². The van der Waals surface area contributed by atoms with Crippen LogP contribution in [0.2, 0.25) is 0 Å². The maximum atomic E-state index is 13.4. The molecule has 8 nitrogen and oxygen atoms in total. The third-order valence-corrected chi connectivity index (χ3v) is 6.99. The number of benzene rings is 2. The molecule has 2 unspecified atom stereocenters. The number of carbonyl (C=O) groups is 1. The van der Waals surface area contributed by atoms with Crippen LogP contribution in [0.1, 0.15) is 34.9 Å². The number of epoxide rings is 1. The normalized spacial score (nSPS) is 19.9. The van der Waals surface area contributed by atoms with Crippen LogP contribution in [0.3, 0.4) is 0 Å². The topological polar surface area (TPSA) is 78.3 Å². The van der Waals surface area contributed by atoms with E-state index in [0.717, 1.165) is 28.0 Å². The Hall–Kier alpha value is -3.82. The molecule has 4 heterocycles. The van der Waals surface area contributed by atoms with Crippen molar-refractivity contribution < 1.29 is 13.9 Å². The predicted octanol–water partition coefficient (Wildman–Crippen LogP) is 4.67. The molecular formula is C28H29FN6O2. The van der Waals surface area contributed by atoms with E-state index >= 15 is 0 Å². The van der Waals surface area contributed by atoms with Gasteiger partial charge < -0.3 is 15.0 Å². The first kappa shape index (κ1) is 23.6. The zero-order valence-corrected chi connectivity index (χ0v) is 20.8. The van der Waals surface area contributed by atoms with Gasteiger partial charge in [-0.1, -0.05) is 24.3 Å². The molecule has 1 N–H and O–H groups in total. The first-order valence-corrected chi connectivity index (χ1v) is 12.5. The summed E-state index contributed by atoms with van der Waals surface area (Å²) in [5, 5.41) is 7.81. The molecular weight excluding hydrogens is 471 g/mol. The molecule has 2 atom stereocenters. The number of aromatic nitrogens is 3. The number of pyridine rings is 1. The number of hydrogen-bond acceptors (Lipinski definition) is 6. The van der Waals surface area contributed by atoms with Crippen molar-refractivity contribution in [3.05, 3.63) is 78.0 Å². The van der Waals surface area contributed by atoms with Crippen molar-refractivity contribution in [3.8, 4) is 11.1 Å². The maximum Gasteiger partial charge on any atom is 0.253 e. The summed E-state index contributed by atoms with van der Waals surface area (Å²) < 4.78 is 20.9. The third kappa shape index (κ3) is 4.80. The molecule has 37 heavy (non-hydrogen) atoms. The van der Waals surface area contributed by atoms with E-state index in [2.05, 4.69) is 39.6 Å². The van der Waals surface area contributed by atoms with Gasteiger partial charge in [-0.2, -0.15) is 4.98 Å². The van der Waals surface area contributed by atoms with Crippen molar-refractivity contribution in [1.29, 1.82) is 0 Å². The van der Waals surface area contributed by atoms with E-state index in [1.165, 1.54) is 0 Å². The van der Waals surface area contributed by atoms with Gasteiger partial charge in [-0.15, -0.1) is 5.10 Å². The Morgan fingerprint density at radius 1 is 1.05 bits per heavy atom. The summed E-state index contributed by atoms with van der Waals surface area (Å²) in [5.41, 5.74) is 5.30. The largest absolute Gasteiger partial charge is 0.348 e. The zero-order chi connectivity index (χ0) is 25.5. The first-order chi connectivity index (χ1) is 18.0. The number of hydrogen-bond donors (Lipinski definition) is 1. The summed E-state index contributed by atoms with van der Waals surface area (Å²) in [6, 6.07) is 19.6. The van der Waals surface area contributed by atoms with Crippen molar-refractivity contribution in [2.24, 2.45) is 0 Å². The molecule has 9 heteroatoms. The second kappa shape index (κ2) is 9.57. The number of nitrogens with zero attached hydrogens (tertiary/aromatic N) is 5. The minimum absolute atomic E-state index is 0.0644. The number of fused-ring (bicyclic) bond motifs is 1. The average Bonchev–Trinajstić information content (AvgIpc) is 3.62. The minimum atomic E-state index is -0.804. The quantitative estimate of drug-likeness (QED) is 0.388. The van der Waals surface area contributed by atoms with Gasteiger partial charge in [0.25, 0.3) is 5.91 Å². The number of piperidine rings is 1. The molecule has 6 rings (SSSR count). The van der Waals surface area contributed by atoms with E-state index < -0.39 is 6.17 Å². The molecule has 0 saturated carbocycles. The van der Waals surface area contributed by atoms with E-state index in [0.29, 0.717) is 37.4 Å². The fourth-order valence-electron chi connectivity index (χ4n) is 4.84. The highest BCUT2D eigenvalue weighted by molar-refractivity contribution is 5.94. The Balaban J connectivity index is 1.17. The molecule has 0 radical (unpaired) electrons. The lowest BCUT2D eigenvalue weighted by Gasteiger charge is -2.28. The molecule has 190 valence electrons. The van der Waals surface area contributed by atoms with E-state index in [1.807, 2.05) is 44.6 Å². The molecule has 2 aromatic carbocycles. The van der Waals surface area contributed by atoms with Crippen LogP contribution in [0.25, 0.3) is 16.8 Å². The van der Waals surface area contributed by atoms with Crippen LogP contribution in [0, 0.1) is 0 Å². The fourth-order valence-corrected chi connectivity index (χ4v) is 4.84. The highest BCUT2D eigenvalue weighted by atomic mass is 19.1. The van der Waals surface area contributed by atoms with Crippen molar-refractivity contribution in [2.45, 2.75) is 31.3 Å². The number of amides is 1. The van der Waals surface area contributed by atoms with Crippen LogP contribution < -0.4 is 5.32 Å². The summed E-state index contributed by atoms with van der Waals surface area (Å²) in [6.07, 6.45) is 2.13. The highest BCUT2D eigenvalue weighted by Gasteiger charge is 2.41. The Bertz CT molecular complexity index is 1410.